The van der Waals surface area contributed by atoms with Gasteiger partial charge in [-0.15, -0.1) is 0 Å². The van der Waals surface area contributed by atoms with E-state index in [0.717, 1.165) is 39.0 Å². The lowest BCUT2D eigenvalue weighted by atomic mass is 9.92. The Labute approximate surface area is 289 Å². The molecule has 0 radical (unpaired) electrons. The Morgan fingerprint density at radius 3 is 1.66 bits per heavy atom. The van der Waals surface area contributed by atoms with E-state index in [1.807, 2.05) is 12.3 Å². The maximum absolute atomic E-state index is 6.16. The molecule has 0 bridgehead atoms. The van der Waals surface area contributed by atoms with Gasteiger partial charge in [-0.25, -0.2) is 0 Å². The Balaban J connectivity index is 1.11. The minimum atomic E-state index is 0.838. The predicted molar refractivity (Wildman–Crippen MR) is 210 cm³/mol. The number of hydrogen-bond donors (Lipinski definition) is 0. The molecule has 3 nitrogen and oxygen atoms in total. The van der Waals surface area contributed by atoms with Crippen LogP contribution in [0.5, 0.6) is 0 Å². The summed E-state index contributed by atoms with van der Waals surface area (Å²) in [5, 5.41) is 9.75. The first-order chi connectivity index (χ1) is 24.8. The molecule has 0 spiro atoms. The standard InChI is InChI=1S/C47H30N2O/c1-2-9-31(10-3-1)33-11-8-12-36(27-33)49(37-22-24-46-44(29-37)45-30-48-26-25-47(45)50-46)35-20-17-32(18-21-35)34-19-23-42-40-15-5-4-13-38(40)39-14-6-7-16-41(39)43(42)28-34/h1-30H. The Morgan fingerprint density at radius 1 is 0.340 bits per heavy atom. The first kappa shape index (κ1) is 28.3. The van der Waals surface area contributed by atoms with Crippen molar-refractivity contribution in [1.29, 1.82) is 0 Å². The summed E-state index contributed by atoms with van der Waals surface area (Å²) in [6.45, 7) is 0. The van der Waals surface area contributed by atoms with Crippen LogP contribution in [0.15, 0.2) is 187 Å². The van der Waals surface area contributed by atoms with E-state index in [1.54, 1.807) is 6.20 Å². The number of fused-ring (bicyclic) bond motifs is 9. The summed E-state index contributed by atoms with van der Waals surface area (Å²) in [7, 11) is 0. The first-order valence-corrected chi connectivity index (χ1v) is 16.9. The molecule has 0 aliphatic carbocycles. The summed E-state index contributed by atoms with van der Waals surface area (Å²) in [6.07, 6.45) is 3.66. The van der Waals surface area contributed by atoms with Gasteiger partial charge in [0.1, 0.15) is 11.2 Å². The molecule has 3 heteroatoms. The summed E-state index contributed by atoms with van der Waals surface area (Å²) >= 11 is 0. The molecular weight excluding hydrogens is 609 g/mol. The van der Waals surface area contributed by atoms with Crippen LogP contribution in [0.3, 0.4) is 0 Å². The summed E-state index contributed by atoms with van der Waals surface area (Å²) in [4.78, 5) is 6.71. The van der Waals surface area contributed by atoms with Gasteiger partial charge in [-0.3, -0.25) is 4.98 Å². The number of hydrogen-bond acceptors (Lipinski definition) is 3. The molecule has 234 valence electrons. The summed E-state index contributed by atoms with van der Waals surface area (Å²) < 4.78 is 6.16. The van der Waals surface area contributed by atoms with Crippen molar-refractivity contribution in [3.05, 3.63) is 182 Å². The SMILES string of the molecule is c1ccc(-c2cccc(N(c3ccc(-c4ccc5c6ccccc6c6ccccc6c5c4)cc3)c3ccc4oc5ccncc5c4c3)c2)cc1. The lowest BCUT2D eigenvalue weighted by Crippen LogP contribution is -2.10. The van der Waals surface area contributed by atoms with E-state index in [-0.39, 0.29) is 0 Å². The van der Waals surface area contributed by atoms with Crippen molar-refractivity contribution in [2.24, 2.45) is 0 Å². The van der Waals surface area contributed by atoms with Gasteiger partial charge in [0.15, 0.2) is 0 Å². The van der Waals surface area contributed by atoms with Gasteiger partial charge < -0.3 is 9.32 Å². The van der Waals surface area contributed by atoms with Crippen molar-refractivity contribution in [1.82, 2.24) is 4.98 Å². The van der Waals surface area contributed by atoms with Crippen LogP contribution >= 0.6 is 0 Å². The second kappa shape index (κ2) is 11.5. The van der Waals surface area contributed by atoms with E-state index in [4.69, 9.17) is 4.42 Å². The normalized spacial score (nSPS) is 11.6. The second-order valence-electron chi connectivity index (χ2n) is 12.8. The van der Waals surface area contributed by atoms with E-state index in [1.165, 1.54) is 54.6 Å². The van der Waals surface area contributed by atoms with Crippen molar-refractivity contribution < 1.29 is 4.42 Å². The fraction of sp³-hybridized carbons (Fsp3) is 0. The highest BCUT2D eigenvalue weighted by atomic mass is 16.3. The minimum absolute atomic E-state index is 0.838. The van der Waals surface area contributed by atoms with Crippen LogP contribution < -0.4 is 4.90 Å². The highest BCUT2D eigenvalue weighted by Crippen LogP contribution is 2.41. The second-order valence-corrected chi connectivity index (χ2v) is 12.8. The average Bonchev–Trinajstić information content (AvgIpc) is 3.57. The topological polar surface area (TPSA) is 29.3 Å². The number of pyridine rings is 1. The van der Waals surface area contributed by atoms with Crippen LogP contribution in [-0.4, -0.2) is 4.98 Å². The van der Waals surface area contributed by atoms with Gasteiger partial charge in [0.2, 0.25) is 0 Å². The van der Waals surface area contributed by atoms with Gasteiger partial charge in [0.05, 0.1) is 0 Å². The molecule has 0 N–H and O–H groups in total. The van der Waals surface area contributed by atoms with Gasteiger partial charge in [-0.2, -0.15) is 0 Å². The number of anilines is 3. The lowest BCUT2D eigenvalue weighted by molar-refractivity contribution is 0.668. The van der Waals surface area contributed by atoms with Gasteiger partial charge in [0.25, 0.3) is 0 Å². The molecular formula is C47H30N2O. The van der Waals surface area contributed by atoms with Crippen LogP contribution in [0.4, 0.5) is 17.1 Å². The third-order valence-electron chi connectivity index (χ3n) is 9.93. The number of rotatable bonds is 5. The molecule has 8 aromatic carbocycles. The molecule has 0 unspecified atom stereocenters. The number of benzene rings is 8. The van der Waals surface area contributed by atoms with Crippen LogP contribution in [0.2, 0.25) is 0 Å². The maximum Gasteiger partial charge on any atom is 0.138 e. The quantitative estimate of drug-likeness (QED) is 0.176. The fourth-order valence-corrected chi connectivity index (χ4v) is 7.54. The zero-order valence-corrected chi connectivity index (χ0v) is 27.1. The molecule has 0 saturated carbocycles. The van der Waals surface area contributed by atoms with Crippen molar-refractivity contribution in [3.63, 3.8) is 0 Å². The Hall–Kier alpha value is -6.71. The van der Waals surface area contributed by atoms with Gasteiger partial charge in [-0.05, 0) is 109 Å². The monoisotopic (exact) mass is 638 g/mol. The summed E-state index contributed by atoms with van der Waals surface area (Å²) in [6, 6.07) is 60.9. The van der Waals surface area contributed by atoms with E-state index >= 15 is 0 Å². The molecule has 0 atom stereocenters. The van der Waals surface area contributed by atoms with Gasteiger partial charge >= 0.3 is 0 Å². The largest absolute Gasteiger partial charge is 0.456 e. The predicted octanol–water partition coefficient (Wildman–Crippen LogP) is 13.2. The Kier molecular flexibility index (Phi) is 6.49. The minimum Gasteiger partial charge on any atom is -0.456 e. The highest BCUT2D eigenvalue weighted by Gasteiger charge is 2.17. The van der Waals surface area contributed by atoms with E-state index in [9.17, 15) is 0 Å². The fourth-order valence-electron chi connectivity index (χ4n) is 7.54. The third kappa shape index (κ3) is 4.63. The van der Waals surface area contributed by atoms with Gasteiger partial charge in [-0.1, -0.05) is 115 Å². The molecule has 0 saturated heterocycles. The van der Waals surface area contributed by atoms with Gasteiger partial charge in [0, 0.05) is 40.2 Å². The molecule has 10 aromatic rings. The molecule has 50 heavy (non-hydrogen) atoms. The van der Waals surface area contributed by atoms with E-state index in [2.05, 4.69) is 174 Å². The lowest BCUT2D eigenvalue weighted by Gasteiger charge is -2.26. The smallest absolute Gasteiger partial charge is 0.138 e. The van der Waals surface area contributed by atoms with Crippen molar-refractivity contribution in [3.8, 4) is 22.3 Å². The number of nitrogens with zero attached hydrogens (tertiary/aromatic N) is 2. The van der Waals surface area contributed by atoms with Crippen molar-refractivity contribution >= 4 is 71.3 Å². The van der Waals surface area contributed by atoms with E-state index < -0.39 is 0 Å². The third-order valence-corrected chi connectivity index (χ3v) is 9.93. The maximum atomic E-state index is 6.16. The van der Waals surface area contributed by atoms with Crippen molar-refractivity contribution in [2.75, 3.05) is 4.90 Å². The highest BCUT2D eigenvalue weighted by molar-refractivity contribution is 6.25. The molecule has 2 heterocycles. The molecule has 10 rings (SSSR count). The van der Waals surface area contributed by atoms with Crippen LogP contribution in [0, 0.1) is 0 Å². The molecule has 0 aliphatic heterocycles. The van der Waals surface area contributed by atoms with Crippen LogP contribution in [0.1, 0.15) is 0 Å². The summed E-state index contributed by atoms with van der Waals surface area (Å²) in [5.41, 5.74) is 9.60. The average molecular weight is 639 g/mol. The molecule has 0 amide bonds. The first-order valence-electron chi connectivity index (χ1n) is 16.9. The molecule has 0 aliphatic rings. The van der Waals surface area contributed by atoms with Crippen LogP contribution in [0.25, 0.3) is 76.5 Å². The molecule has 0 fully saturated rings. The zero-order valence-electron chi connectivity index (χ0n) is 27.1. The Bertz CT molecular complexity index is 2840. The number of furan rings is 1. The Morgan fingerprint density at radius 2 is 0.900 bits per heavy atom. The summed E-state index contributed by atoms with van der Waals surface area (Å²) in [5.74, 6) is 0. The zero-order chi connectivity index (χ0) is 33.0. The van der Waals surface area contributed by atoms with Crippen molar-refractivity contribution in [2.45, 2.75) is 0 Å². The van der Waals surface area contributed by atoms with E-state index in [0.29, 0.717) is 0 Å². The van der Waals surface area contributed by atoms with Crippen LogP contribution in [-0.2, 0) is 0 Å². The molecule has 2 aromatic heterocycles. The number of aromatic nitrogens is 1.